The van der Waals surface area contributed by atoms with Crippen LogP contribution < -0.4 is 4.90 Å². The molecule has 34 heavy (non-hydrogen) atoms. The molecule has 0 N–H and O–H groups in total. The van der Waals surface area contributed by atoms with Gasteiger partial charge in [0.15, 0.2) is 5.82 Å². The van der Waals surface area contributed by atoms with Gasteiger partial charge in [0.1, 0.15) is 37.7 Å². The van der Waals surface area contributed by atoms with Crippen molar-refractivity contribution in [1.82, 2.24) is 29.9 Å². The average Bonchev–Trinajstić information content (AvgIpc) is 2.87. The summed E-state index contributed by atoms with van der Waals surface area (Å²) in [7, 11) is 0. The number of halogens is 1. The third kappa shape index (κ3) is 3.18. The molecule has 164 valence electrons. The molecule has 0 bridgehead atoms. The van der Waals surface area contributed by atoms with Gasteiger partial charge in [-0.2, -0.15) is 0 Å². The summed E-state index contributed by atoms with van der Waals surface area (Å²) >= 11 is 3.71. The van der Waals surface area contributed by atoms with Crippen molar-refractivity contribution < 1.29 is 0 Å². The zero-order valence-corrected chi connectivity index (χ0v) is 20.0. The Morgan fingerprint density at radius 3 is 1.44 bits per heavy atom. The molecule has 3 heterocycles. The number of hydrogen-bond acceptors (Lipinski definition) is 7. The number of fused-ring (bicyclic) bond motifs is 6. The van der Waals surface area contributed by atoms with Gasteiger partial charge in [-0.3, -0.25) is 24.8 Å². The molecule has 0 aliphatic rings. The molecule has 0 aliphatic heterocycles. The maximum Gasteiger partial charge on any atom is 0.171 e. The molecule has 3 aromatic heterocycles. The van der Waals surface area contributed by atoms with Crippen LogP contribution in [0.15, 0.2) is 77.9 Å². The molecule has 7 nitrogen and oxygen atoms in total. The molecule has 0 atom stereocenters. The van der Waals surface area contributed by atoms with Crippen LogP contribution in [0.1, 0.15) is 11.1 Å². The summed E-state index contributed by atoms with van der Waals surface area (Å²) in [6.07, 6.45) is 6.62. The first-order valence-corrected chi connectivity index (χ1v) is 11.5. The van der Waals surface area contributed by atoms with Crippen molar-refractivity contribution in [3.05, 3.63) is 89.0 Å². The largest absolute Gasteiger partial charge is 0.292 e. The summed E-state index contributed by atoms with van der Waals surface area (Å²) in [5, 5.41) is 0. The Balaban J connectivity index is 1.74. The highest BCUT2D eigenvalue weighted by Crippen LogP contribution is 2.41. The normalized spacial score (nSPS) is 11.4. The van der Waals surface area contributed by atoms with E-state index in [9.17, 15) is 0 Å². The van der Waals surface area contributed by atoms with Gasteiger partial charge < -0.3 is 0 Å². The van der Waals surface area contributed by atoms with Crippen molar-refractivity contribution in [1.29, 1.82) is 0 Å². The predicted octanol–water partition coefficient (Wildman–Crippen LogP) is 6.37. The molecule has 0 amide bonds. The number of anilines is 3. The number of nitrogens with zero attached hydrogens (tertiary/aromatic N) is 7. The number of hydrogen-bond donors (Lipinski definition) is 0. The molecule has 6 aromatic rings. The van der Waals surface area contributed by atoms with E-state index in [1.54, 1.807) is 24.8 Å². The fourth-order valence-electron chi connectivity index (χ4n) is 4.23. The third-order valence-corrected chi connectivity index (χ3v) is 6.36. The van der Waals surface area contributed by atoms with Crippen molar-refractivity contribution in [3.63, 3.8) is 0 Å². The lowest BCUT2D eigenvalue weighted by Gasteiger charge is -2.28. The fraction of sp³-hybridized carbons (Fsp3) is 0.0769. The summed E-state index contributed by atoms with van der Waals surface area (Å²) in [6, 6.07) is 16.5. The van der Waals surface area contributed by atoms with Gasteiger partial charge in [-0.25, -0.2) is 9.97 Å². The van der Waals surface area contributed by atoms with Crippen LogP contribution in [0.5, 0.6) is 0 Å². The molecule has 0 saturated heterocycles. The second kappa shape index (κ2) is 8.07. The van der Waals surface area contributed by atoms with E-state index in [1.165, 1.54) is 0 Å². The van der Waals surface area contributed by atoms with E-state index in [-0.39, 0.29) is 0 Å². The summed E-state index contributed by atoms with van der Waals surface area (Å²) < 4.78 is 0.599. The highest BCUT2D eigenvalue weighted by Gasteiger charge is 2.24. The molecule has 6 rings (SSSR count). The van der Waals surface area contributed by atoms with Gasteiger partial charge in [0, 0.05) is 24.8 Å². The summed E-state index contributed by atoms with van der Waals surface area (Å²) in [6.45, 7) is 4.18. The van der Waals surface area contributed by atoms with Crippen molar-refractivity contribution in [2.24, 2.45) is 0 Å². The molecule has 0 fully saturated rings. The minimum absolute atomic E-state index is 0.599. The monoisotopic (exact) mass is 507 g/mol. The molecule has 0 aliphatic carbocycles. The summed E-state index contributed by atoms with van der Waals surface area (Å²) in [4.78, 5) is 30.4. The van der Waals surface area contributed by atoms with Crippen molar-refractivity contribution in [2.45, 2.75) is 13.8 Å². The average molecular weight is 508 g/mol. The van der Waals surface area contributed by atoms with Gasteiger partial charge in [0.2, 0.25) is 0 Å². The maximum absolute atomic E-state index is 5.13. The van der Waals surface area contributed by atoms with Gasteiger partial charge in [-0.05, 0) is 53.0 Å². The van der Waals surface area contributed by atoms with E-state index in [0.29, 0.717) is 43.5 Å². The van der Waals surface area contributed by atoms with E-state index in [2.05, 4.69) is 78.9 Å². The first-order valence-electron chi connectivity index (χ1n) is 10.8. The van der Waals surface area contributed by atoms with Crippen molar-refractivity contribution in [2.75, 3.05) is 4.90 Å². The van der Waals surface area contributed by atoms with Crippen molar-refractivity contribution in [3.8, 4) is 0 Å². The van der Waals surface area contributed by atoms with Crippen LogP contribution in [0.2, 0.25) is 0 Å². The highest BCUT2D eigenvalue weighted by molar-refractivity contribution is 9.10. The van der Waals surface area contributed by atoms with Crippen LogP contribution in [0.25, 0.3) is 33.1 Å². The quantitative estimate of drug-likeness (QED) is 0.257. The van der Waals surface area contributed by atoms with E-state index in [1.807, 2.05) is 24.3 Å². The zero-order valence-electron chi connectivity index (χ0n) is 18.4. The smallest absolute Gasteiger partial charge is 0.171 e. The number of para-hydroxylation sites is 2. The van der Waals surface area contributed by atoms with E-state index in [0.717, 1.165) is 22.5 Å². The lowest BCUT2D eigenvalue weighted by atomic mass is 10.1. The van der Waals surface area contributed by atoms with Gasteiger partial charge in [0.25, 0.3) is 0 Å². The van der Waals surface area contributed by atoms with Crippen molar-refractivity contribution >= 4 is 66.2 Å². The van der Waals surface area contributed by atoms with E-state index >= 15 is 0 Å². The van der Waals surface area contributed by atoms with Gasteiger partial charge in [-0.15, -0.1) is 0 Å². The minimum Gasteiger partial charge on any atom is -0.292 e. The molecular formula is C26H18BrN7. The highest BCUT2D eigenvalue weighted by atomic mass is 79.9. The minimum atomic E-state index is 0.599. The van der Waals surface area contributed by atoms with Crippen LogP contribution in [0.3, 0.4) is 0 Å². The second-order valence-electron chi connectivity index (χ2n) is 7.95. The lowest BCUT2D eigenvalue weighted by molar-refractivity contribution is 1.13. The SMILES string of the molecule is Cc1ccccc1N(c1ccccc1C)c1nc2c3nccnc3c3nccnc3c2nc1Br. The maximum atomic E-state index is 5.13. The van der Waals surface area contributed by atoms with Crippen LogP contribution in [0, 0.1) is 13.8 Å². The van der Waals surface area contributed by atoms with Gasteiger partial charge >= 0.3 is 0 Å². The Labute approximate surface area is 203 Å². The molecule has 3 aromatic carbocycles. The number of benzene rings is 3. The number of aromatic nitrogens is 6. The fourth-order valence-corrected chi connectivity index (χ4v) is 4.68. The Kier molecular flexibility index (Phi) is 4.88. The molecule has 0 radical (unpaired) electrons. The number of rotatable bonds is 3. The molecule has 0 unspecified atom stereocenters. The molecular weight excluding hydrogens is 490 g/mol. The van der Waals surface area contributed by atoms with Crippen LogP contribution in [-0.4, -0.2) is 29.9 Å². The van der Waals surface area contributed by atoms with Gasteiger partial charge in [0.05, 0.1) is 11.4 Å². The van der Waals surface area contributed by atoms with Crippen LogP contribution in [0.4, 0.5) is 17.2 Å². The molecule has 0 spiro atoms. The zero-order chi connectivity index (χ0) is 23.2. The lowest BCUT2D eigenvalue weighted by Crippen LogP contribution is -2.15. The Bertz CT molecular complexity index is 1670. The Hall–Kier alpha value is -4.04. The third-order valence-electron chi connectivity index (χ3n) is 5.83. The van der Waals surface area contributed by atoms with E-state index < -0.39 is 0 Å². The number of aryl methyl sites for hydroxylation is 2. The molecule has 8 heteroatoms. The van der Waals surface area contributed by atoms with Crippen LogP contribution in [-0.2, 0) is 0 Å². The van der Waals surface area contributed by atoms with Crippen LogP contribution >= 0.6 is 15.9 Å². The topological polar surface area (TPSA) is 80.6 Å². The predicted molar refractivity (Wildman–Crippen MR) is 138 cm³/mol. The summed E-state index contributed by atoms with van der Waals surface area (Å²) in [5.74, 6) is 0.659. The first-order chi connectivity index (χ1) is 16.6. The van der Waals surface area contributed by atoms with Gasteiger partial charge in [-0.1, -0.05) is 36.4 Å². The first kappa shape index (κ1) is 20.6. The van der Waals surface area contributed by atoms with E-state index in [4.69, 9.17) is 9.97 Å². The Morgan fingerprint density at radius 1 is 0.559 bits per heavy atom. The molecule has 0 saturated carbocycles. The summed E-state index contributed by atoms with van der Waals surface area (Å²) in [5.41, 5.74) is 8.11. The second-order valence-corrected chi connectivity index (χ2v) is 8.70. The Morgan fingerprint density at radius 2 is 0.971 bits per heavy atom. The standard InChI is InChI=1S/C26H18BrN7/c1-15-7-3-5-9-17(15)34(18-10-6-4-8-16(18)2)26-25(27)32-23-21-19(28-11-13-30-21)20-22(24(23)33-26)31-14-12-29-20/h3-14H,1-2H3.